The highest BCUT2D eigenvalue weighted by Crippen LogP contribution is 2.40. The van der Waals surface area contributed by atoms with Crippen molar-refractivity contribution in [3.8, 4) is 17.2 Å². The summed E-state index contributed by atoms with van der Waals surface area (Å²) in [6, 6.07) is 5.25. The fourth-order valence-electron chi connectivity index (χ4n) is 2.31. The number of benzene rings is 1. The Morgan fingerprint density at radius 2 is 1.63 bits per heavy atom. The van der Waals surface area contributed by atoms with Gasteiger partial charge in [0.1, 0.15) is 11.0 Å². The average molecular weight is 395 g/mol. The summed E-state index contributed by atoms with van der Waals surface area (Å²) in [5.74, 6) is 2.64. The van der Waals surface area contributed by atoms with Crippen LogP contribution in [0.15, 0.2) is 18.2 Å². The molecule has 27 heavy (non-hydrogen) atoms. The van der Waals surface area contributed by atoms with E-state index in [1.165, 1.54) is 0 Å². The third-order valence-corrected chi connectivity index (χ3v) is 4.51. The minimum Gasteiger partial charge on any atom is -0.493 e. The molecule has 0 atom stereocenters. The maximum atomic E-state index is 6.16. The Bertz CT molecular complexity index is 759. The lowest BCUT2D eigenvalue weighted by atomic mass is 9.90. The van der Waals surface area contributed by atoms with Crippen LogP contribution in [0.3, 0.4) is 0 Å². The zero-order valence-electron chi connectivity index (χ0n) is 16.6. The van der Waals surface area contributed by atoms with E-state index in [1.54, 1.807) is 39.5 Å². The Balaban J connectivity index is 2.27. The zero-order chi connectivity index (χ0) is 20.0. The number of nitrogens with one attached hydrogen (secondary N) is 2. The van der Waals surface area contributed by atoms with Crippen molar-refractivity contribution in [1.29, 1.82) is 0 Å². The summed E-state index contributed by atoms with van der Waals surface area (Å²) in [5.41, 5.74) is 0.856. The minimum atomic E-state index is 0.135. The molecular formula is C19H27ClN4O3. The first-order valence-electron chi connectivity index (χ1n) is 8.67. The first-order chi connectivity index (χ1) is 12.8. The molecule has 1 aromatic carbocycles. The van der Waals surface area contributed by atoms with Crippen LogP contribution >= 0.6 is 11.6 Å². The molecule has 0 saturated carbocycles. The van der Waals surface area contributed by atoms with Gasteiger partial charge in [-0.1, -0.05) is 32.4 Å². The van der Waals surface area contributed by atoms with Crippen molar-refractivity contribution in [2.45, 2.75) is 27.2 Å². The first kappa shape index (κ1) is 20.9. The molecule has 0 spiro atoms. The predicted octanol–water partition coefficient (Wildman–Crippen LogP) is 4.75. The zero-order valence-corrected chi connectivity index (χ0v) is 17.4. The Morgan fingerprint density at radius 3 is 2.15 bits per heavy atom. The number of halogens is 1. The van der Waals surface area contributed by atoms with Gasteiger partial charge in [0.05, 0.1) is 21.3 Å². The van der Waals surface area contributed by atoms with E-state index in [0.717, 1.165) is 18.7 Å². The highest BCUT2D eigenvalue weighted by Gasteiger charge is 2.16. The number of nitrogens with zero attached hydrogens (tertiary/aromatic N) is 2. The molecule has 2 N–H and O–H groups in total. The molecule has 2 rings (SSSR count). The van der Waals surface area contributed by atoms with Crippen molar-refractivity contribution in [3.63, 3.8) is 0 Å². The Hall–Kier alpha value is -2.41. The summed E-state index contributed by atoms with van der Waals surface area (Å²) >= 11 is 6.16. The highest BCUT2D eigenvalue weighted by atomic mass is 35.5. The molecular weight excluding hydrogens is 368 g/mol. The van der Waals surface area contributed by atoms with Gasteiger partial charge in [0.25, 0.3) is 0 Å². The molecule has 0 bridgehead atoms. The van der Waals surface area contributed by atoms with E-state index in [4.69, 9.17) is 25.8 Å². The second kappa shape index (κ2) is 8.99. The molecule has 2 aromatic rings. The van der Waals surface area contributed by atoms with Gasteiger partial charge >= 0.3 is 0 Å². The molecule has 0 amide bonds. The first-order valence-corrected chi connectivity index (χ1v) is 9.05. The smallest absolute Gasteiger partial charge is 0.226 e. The molecule has 0 aliphatic rings. The van der Waals surface area contributed by atoms with Crippen LogP contribution in [0, 0.1) is 5.41 Å². The monoisotopic (exact) mass is 394 g/mol. The van der Waals surface area contributed by atoms with Gasteiger partial charge in [-0.25, -0.2) is 4.98 Å². The molecule has 1 aromatic heterocycles. The summed E-state index contributed by atoms with van der Waals surface area (Å²) in [5, 5.41) is 6.80. The third-order valence-electron chi connectivity index (χ3n) is 4.31. The number of aromatic nitrogens is 2. The number of anilines is 3. The van der Waals surface area contributed by atoms with Crippen LogP contribution in [0.5, 0.6) is 17.2 Å². The largest absolute Gasteiger partial charge is 0.493 e. The molecule has 0 saturated heterocycles. The van der Waals surface area contributed by atoms with Crippen molar-refractivity contribution in [2.75, 3.05) is 38.5 Å². The van der Waals surface area contributed by atoms with Gasteiger partial charge in [0, 0.05) is 30.4 Å². The van der Waals surface area contributed by atoms with E-state index in [2.05, 4.69) is 41.4 Å². The molecule has 0 fully saturated rings. The lowest BCUT2D eigenvalue weighted by molar-refractivity contribution is 0.324. The summed E-state index contributed by atoms with van der Waals surface area (Å²) in [6.45, 7) is 7.25. The van der Waals surface area contributed by atoms with Gasteiger partial charge in [-0.05, 0) is 11.8 Å². The molecule has 8 heteroatoms. The predicted molar refractivity (Wildman–Crippen MR) is 109 cm³/mol. The number of ether oxygens (including phenoxy) is 3. The van der Waals surface area contributed by atoms with Gasteiger partial charge in [-0.3, -0.25) is 0 Å². The van der Waals surface area contributed by atoms with Crippen LogP contribution in [0.2, 0.25) is 5.15 Å². The van der Waals surface area contributed by atoms with Crippen molar-refractivity contribution >= 4 is 29.1 Å². The second-order valence-corrected chi connectivity index (χ2v) is 7.20. The minimum absolute atomic E-state index is 0.135. The van der Waals surface area contributed by atoms with Crippen molar-refractivity contribution in [2.24, 2.45) is 5.41 Å². The summed E-state index contributed by atoms with van der Waals surface area (Å²) in [4.78, 5) is 8.73. The van der Waals surface area contributed by atoms with Gasteiger partial charge in [-0.15, -0.1) is 0 Å². The average Bonchev–Trinajstić information content (AvgIpc) is 2.65. The SMILES string of the molecule is CCC(C)(C)CNc1nc(Cl)cc(Nc2cc(OC)c(OC)c(OC)c2)n1. The Kier molecular flexibility index (Phi) is 6.96. The van der Waals surface area contributed by atoms with Crippen LogP contribution in [0.4, 0.5) is 17.5 Å². The van der Waals surface area contributed by atoms with Gasteiger partial charge in [0.2, 0.25) is 11.7 Å². The van der Waals surface area contributed by atoms with E-state index in [-0.39, 0.29) is 5.41 Å². The second-order valence-electron chi connectivity index (χ2n) is 6.81. The summed E-state index contributed by atoms with van der Waals surface area (Å²) in [7, 11) is 4.70. The number of hydrogen-bond acceptors (Lipinski definition) is 7. The van der Waals surface area contributed by atoms with E-state index in [0.29, 0.717) is 34.2 Å². The van der Waals surface area contributed by atoms with E-state index in [9.17, 15) is 0 Å². The number of rotatable bonds is 9. The molecule has 0 unspecified atom stereocenters. The number of hydrogen-bond donors (Lipinski definition) is 2. The van der Waals surface area contributed by atoms with E-state index < -0.39 is 0 Å². The lowest BCUT2D eigenvalue weighted by Crippen LogP contribution is -2.23. The topological polar surface area (TPSA) is 77.5 Å². The van der Waals surface area contributed by atoms with Crippen LogP contribution in [0.25, 0.3) is 0 Å². The van der Waals surface area contributed by atoms with Crippen LogP contribution < -0.4 is 24.8 Å². The molecule has 0 aliphatic carbocycles. The van der Waals surface area contributed by atoms with Gasteiger partial charge in [-0.2, -0.15) is 4.98 Å². The molecule has 0 radical (unpaired) electrons. The van der Waals surface area contributed by atoms with Crippen LogP contribution in [-0.4, -0.2) is 37.8 Å². The van der Waals surface area contributed by atoms with Crippen molar-refractivity contribution < 1.29 is 14.2 Å². The highest BCUT2D eigenvalue weighted by molar-refractivity contribution is 6.29. The van der Waals surface area contributed by atoms with Gasteiger partial charge < -0.3 is 24.8 Å². The summed E-state index contributed by atoms with van der Waals surface area (Å²) in [6.07, 6.45) is 1.04. The van der Waals surface area contributed by atoms with Crippen molar-refractivity contribution in [1.82, 2.24) is 9.97 Å². The normalized spacial score (nSPS) is 11.1. The Morgan fingerprint density at radius 1 is 1.00 bits per heavy atom. The third kappa shape index (κ3) is 5.53. The van der Waals surface area contributed by atoms with E-state index >= 15 is 0 Å². The molecule has 7 nitrogen and oxygen atoms in total. The lowest BCUT2D eigenvalue weighted by Gasteiger charge is -2.23. The van der Waals surface area contributed by atoms with Crippen LogP contribution in [0.1, 0.15) is 27.2 Å². The number of methoxy groups -OCH3 is 3. The molecule has 0 aliphatic heterocycles. The molecule has 1 heterocycles. The fourth-order valence-corrected chi connectivity index (χ4v) is 2.49. The maximum Gasteiger partial charge on any atom is 0.226 e. The molecule has 148 valence electrons. The van der Waals surface area contributed by atoms with E-state index in [1.807, 2.05) is 0 Å². The van der Waals surface area contributed by atoms with Crippen molar-refractivity contribution in [3.05, 3.63) is 23.4 Å². The quantitative estimate of drug-likeness (QED) is 0.594. The van der Waals surface area contributed by atoms with Gasteiger partial charge in [0.15, 0.2) is 11.5 Å². The fraction of sp³-hybridized carbons (Fsp3) is 0.474. The standard InChI is InChI=1S/C19H27ClN4O3/c1-7-19(2,3)11-21-18-23-15(20)10-16(24-18)22-12-8-13(25-4)17(27-6)14(9-12)26-5/h8-10H,7,11H2,1-6H3,(H2,21,22,23,24). The summed E-state index contributed by atoms with van der Waals surface area (Å²) < 4.78 is 16.1. The maximum absolute atomic E-state index is 6.16. The Labute approximate surface area is 165 Å². The van der Waals surface area contributed by atoms with Crippen LogP contribution in [-0.2, 0) is 0 Å².